The fourth-order valence-corrected chi connectivity index (χ4v) is 5.61. The summed E-state index contributed by atoms with van der Waals surface area (Å²) in [6.07, 6.45) is 2.16. The van der Waals surface area contributed by atoms with E-state index in [0.717, 1.165) is 17.6 Å². The molecule has 0 aliphatic carbocycles. The second kappa shape index (κ2) is 13.4. The number of rotatable bonds is 9. The number of hydrogen-bond donors (Lipinski definition) is 3. The van der Waals surface area contributed by atoms with Gasteiger partial charge in [0, 0.05) is 37.5 Å². The number of carbonyl (C=O) groups excluding carboxylic acids is 1. The van der Waals surface area contributed by atoms with Crippen molar-refractivity contribution in [1.29, 1.82) is 0 Å². The number of carbonyl (C=O) groups is 2. The van der Waals surface area contributed by atoms with E-state index in [1.807, 2.05) is 10.6 Å². The van der Waals surface area contributed by atoms with Crippen LogP contribution < -0.4 is 15.2 Å². The quantitative estimate of drug-likeness (QED) is 0.236. The molecule has 1 saturated heterocycles. The number of hydrogen-bond acceptors (Lipinski definition) is 9. The van der Waals surface area contributed by atoms with Gasteiger partial charge in [0.15, 0.2) is 0 Å². The second-order valence-electron chi connectivity index (χ2n) is 9.18. The van der Waals surface area contributed by atoms with Gasteiger partial charge in [-0.05, 0) is 42.3 Å². The summed E-state index contributed by atoms with van der Waals surface area (Å²) in [6, 6.07) is 9.10. The first-order valence-electron chi connectivity index (χ1n) is 12.8. The smallest absolute Gasteiger partial charge is 0.290 e. The first-order valence-corrected chi connectivity index (χ1v) is 14.3. The van der Waals surface area contributed by atoms with E-state index in [2.05, 4.69) is 14.7 Å². The molecular weight excluding hydrogens is 590 g/mol. The van der Waals surface area contributed by atoms with Gasteiger partial charge in [0.25, 0.3) is 16.5 Å². The molecule has 0 unspecified atom stereocenters. The highest BCUT2D eigenvalue weighted by molar-refractivity contribution is 7.92. The Hall–Kier alpha value is -4.83. The minimum absolute atomic E-state index is 0.0352. The van der Waals surface area contributed by atoms with Crippen LogP contribution in [0.25, 0.3) is 22.2 Å². The highest BCUT2D eigenvalue weighted by atomic mass is 32.2. The molecule has 1 aliphatic rings. The van der Waals surface area contributed by atoms with E-state index in [9.17, 15) is 22.0 Å². The van der Waals surface area contributed by atoms with Crippen molar-refractivity contribution < 1.29 is 41.4 Å². The number of anilines is 2. The van der Waals surface area contributed by atoms with Crippen molar-refractivity contribution in [3.63, 3.8) is 0 Å². The third-order valence-corrected chi connectivity index (χ3v) is 7.88. The zero-order valence-corrected chi connectivity index (χ0v) is 23.7. The molecule has 1 aliphatic heterocycles. The molecule has 1 amide bonds. The number of methoxy groups -OCH3 is 1. The Balaban J connectivity index is 0.00000135. The third-order valence-electron chi connectivity index (χ3n) is 6.48. The summed E-state index contributed by atoms with van der Waals surface area (Å²) < 4.78 is 67.8. The average Bonchev–Trinajstić information content (AvgIpc) is 3.28. The number of benzene rings is 2. The number of imidazole rings is 1. The lowest BCUT2D eigenvalue weighted by Crippen LogP contribution is -2.42. The fourth-order valence-electron chi connectivity index (χ4n) is 4.50. The summed E-state index contributed by atoms with van der Waals surface area (Å²) in [4.78, 5) is 30.0. The summed E-state index contributed by atoms with van der Waals surface area (Å²) in [5, 5.41) is 6.89. The standard InChI is InChI=1S/C26H26F2N6O5S.CH2O2/c1-38-25-21(32-40(36,37)23-6-4-18(27)13-19(23)28)11-17(14-30-25)16-3-5-20-22(12-16)34(26(29)31-20)8-2-7-33-9-10-39-15-24(33)35;2-1-3/h3-6,11-14,32H,2,7-10,15H2,1H3,(H2,29,31);1H,(H,2,3). The molecule has 2 aromatic carbocycles. The molecule has 0 radical (unpaired) electrons. The Morgan fingerprint density at radius 1 is 1.16 bits per heavy atom. The summed E-state index contributed by atoms with van der Waals surface area (Å²) in [5.41, 5.74) is 8.78. The Bertz CT molecular complexity index is 1750. The molecule has 0 atom stereocenters. The molecule has 0 saturated carbocycles. The predicted octanol–water partition coefficient (Wildman–Crippen LogP) is 2.72. The van der Waals surface area contributed by atoms with Crippen LogP contribution in [0.4, 0.5) is 20.4 Å². The van der Waals surface area contributed by atoms with Crippen molar-refractivity contribution in [3.05, 3.63) is 60.3 Å². The molecule has 0 spiro atoms. The van der Waals surface area contributed by atoms with E-state index >= 15 is 0 Å². The largest absolute Gasteiger partial charge is 0.483 e. The number of carboxylic acid groups (broad SMARTS) is 1. The van der Waals surface area contributed by atoms with Gasteiger partial charge in [0.2, 0.25) is 17.7 Å². The van der Waals surface area contributed by atoms with E-state index in [1.54, 1.807) is 17.0 Å². The van der Waals surface area contributed by atoms with Gasteiger partial charge < -0.3 is 29.8 Å². The van der Waals surface area contributed by atoms with Crippen LogP contribution in [0.5, 0.6) is 5.88 Å². The molecule has 16 heteroatoms. The maximum Gasteiger partial charge on any atom is 0.290 e. The van der Waals surface area contributed by atoms with Crippen LogP contribution in [0.1, 0.15) is 6.42 Å². The number of nitrogens with one attached hydrogen (secondary N) is 1. The van der Waals surface area contributed by atoms with Crippen molar-refractivity contribution in [2.24, 2.45) is 0 Å². The zero-order chi connectivity index (χ0) is 31.1. The highest BCUT2D eigenvalue weighted by Crippen LogP contribution is 2.32. The number of aromatic nitrogens is 3. The topological polar surface area (TPSA) is 179 Å². The maximum absolute atomic E-state index is 14.2. The molecule has 1 fully saturated rings. The van der Waals surface area contributed by atoms with Crippen LogP contribution in [0, 0.1) is 11.6 Å². The Kier molecular flexibility index (Phi) is 9.72. The number of pyridine rings is 1. The number of ether oxygens (including phenoxy) is 2. The summed E-state index contributed by atoms with van der Waals surface area (Å²) >= 11 is 0. The number of nitrogens with two attached hydrogens (primary N) is 1. The number of halogens is 2. The van der Waals surface area contributed by atoms with Crippen LogP contribution in [0.15, 0.2) is 53.6 Å². The van der Waals surface area contributed by atoms with Crippen molar-refractivity contribution in [3.8, 4) is 17.0 Å². The van der Waals surface area contributed by atoms with Crippen LogP contribution in [0.3, 0.4) is 0 Å². The predicted molar refractivity (Wildman–Crippen MR) is 152 cm³/mol. The fraction of sp³-hybridized carbons (Fsp3) is 0.259. The van der Waals surface area contributed by atoms with E-state index in [4.69, 9.17) is 25.1 Å². The molecule has 2 aromatic heterocycles. The van der Waals surface area contributed by atoms with Crippen molar-refractivity contribution in [2.75, 3.05) is 43.9 Å². The number of aryl methyl sites for hydroxylation is 1. The first kappa shape index (κ1) is 31.1. The number of sulfonamides is 1. The van der Waals surface area contributed by atoms with Gasteiger partial charge in [-0.25, -0.2) is 27.2 Å². The minimum atomic E-state index is -4.43. The first-order chi connectivity index (χ1) is 20.6. The van der Waals surface area contributed by atoms with E-state index < -0.39 is 26.6 Å². The Morgan fingerprint density at radius 2 is 1.93 bits per heavy atom. The van der Waals surface area contributed by atoms with Gasteiger partial charge in [-0.1, -0.05) is 6.07 Å². The maximum atomic E-state index is 14.2. The van der Waals surface area contributed by atoms with Crippen LogP contribution in [-0.4, -0.2) is 78.8 Å². The third kappa shape index (κ3) is 7.15. The van der Waals surface area contributed by atoms with E-state index in [-0.39, 0.29) is 30.6 Å². The van der Waals surface area contributed by atoms with E-state index in [0.29, 0.717) is 61.3 Å². The van der Waals surface area contributed by atoms with Crippen LogP contribution in [-0.2, 0) is 30.9 Å². The molecule has 4 N–H and O–H groups in total. The van der Waals surface area contributed by atoms with Gasteiger partial charge >= 0.3 is 0 Å². The molecule has 3 heterocycles. The lowest BCUT2D eigenvalue weighted by molar-refractivity contribution is -0.142. The zero-order valence-electron chi connectivity index (χ0n) is 22.9. The molecule has 0 bridgehead atoms. The van der Waals surface area contributed by atoms with E-state index in [1.165, 1.54) is 19.4 Å². The molecule has 4 aromatic rings. The number of nitrogens with zero attached hydrogens (tertiary/aromatic N) is 4. The van der Waals surface area contributed by atoms with Gasteiger partial charge in [-0.15, -0.1) is 0 Å². The normalized spacial score (nSPS) is 13.4. The molecule has 43 heavy (non-hydrogen) atoms. The lowest BCUT2D eigenvalue weighted by atomic mass is 10.1. The summed E-state index contributed by atoms with van der Waals surface area (Å²) in [6.45, 7) is 1.98. The molecule has 228 valence electrons. The number of amides is 1. The van der Waals surface area contributed by atoms with Crippen molar-refractivity contribution in [2.45, 2.75) is 17.9 Å². The average molecular weight is 619 g/mol. The van der Waals surface area contributed by atoms with Crippen molar-refractivity contribution >= 4 is 45.1 Å². The van der Waals surface area contributed by atoms with Gasteiger partial charge in [0.1, 0.15) is 28.8 Å². The lowest BCUT2D eigenvalue weighted by Gasteiger charge is -2.26. The Morgan fingerprint density at radius 3 is 2.63 bits per heavy atom. The van der Waals surface area contributed by atoms with Gasteiger partial charge in [-0.3, -0.25) is 14.3 Å². The minimum Gasteiger partial charge on any atom is -0.483 e. The highest BCUT2D eigenvalue weighted by Gasteiger charge is 2.23. The summed E-state index contributed by atoms with van der Waals surface area (Å²) in [7, 11) is -3.12. The van der Waals surface area contributed by atoms with Gasteiger partial charge in [-0.2, -0.15) is 0 Å². The number of fused-ring (bicyclic) bond motifs is 1. The van der Waals surface area contributed by atoms with Crippen molar-refractivity contribution in [1.82, 2.24) is 19.4 Å². The van der Waals surface area contributed by atoms with Gasteiger partial charge in [0.05, 0.1) is 24.8 Å². The second-order valence-corrected chi connectivity index (χ2v) is 10.8. The molecular formula is C27H28F2N6O7S. The molecule has 13 nitrogen and oxygen atoms in total. The molecule has 5 rings (SSSR count). The van der Waals surface area contributed by atoms with Crippen LogP contribution in [0.2, 0.25) is 0 Å². The van der Waals surface area contributed by atoms with Crippen LogP contribution >= 0.6 is 0 Å². The Labute approximate surface area is 244 Å². The SMILES string of the molecule is COc1ncc(-c2ccc3nc(N)n(CCCN4CCOCC4=O)c3c2)cc1NS(=O)(=O)c1ccc(F)cc1F.O=CO. The number of morpholine rings is 1. The monoisotopic (exact) mass is 618 g/mol. The summed E-state index contributed by atoms with van der Waals surface area (Å²) in [5.74, 6) is -1.89. The number of nitrogen functional groups attached to an aromatic ring is 1.